The van der Waals surface area contributed by atoms with Gasteiger partial charge in [0.25, 0.3) is 0 Å². The number of hydrogen-bond donors (Lipinski definition) is 0. The van der Waals surface area contributed by atoms with Crippen molar-refractivity contribution in [1.82, 2.24) is 4.98 Å². The highest BCUT2D eigenvalue weighted by molar-refractivity contribution is 6.11. The molecule has 0 aliphatic heterocycles. The molecule has 256 valence electrons. The SMILES string of the molecule is CC1(C)c2ccccc2-c2ccc(N(c3ccc(-c4cc5nc(-c6ccccc6)oc5c5ccccc45)cc3)c3ccc4c(c3)oc3ccccc34)cc21. The van der Waals surface area contributed by atoms with Crippen LogP contribution in [0.15, 0.2) is 179 Å². The second-order valence-electron chi connectivity index (χ2n) is 14.8. The van der Waals surface area contributed by atoms with Gasteiger partial charge >= 0.3 is 0 Å². The van der Waals surface area contributed by atoms with Crippen LogP contribution in [0.3, 0.4) is 0 Å². The summed E-state index contributed by atoms with van der Waals surface area (Å²) in [5, 5.41) is 4.41. The molecule has 0 saturated carbocycles. The van der Waals surface area contributed by atoms with Gasteiger partial charge in [-0.25, -0.2) is 4.98 Å². The quantitative estimate of drug-likeness (QED) is 0.180. The topological polar surface area (TPSA) is 42.4 Å². The van der Waals surface area contributed by atoms with Gasteiger partial charge in [-0.3, -0.25) is 0 Å². The van der Waals surface area contributed by atoms with E-state index in [0.29, 0.717) is 5.89 Å². The molecule has 0 radical (unpaired) electrons. The maximum absolute atomic E-state index is 6.41. The summed E-state index contributed by atoms with van der Waals surface area (Å²) in [7, 11) is 0. The van der Waals surface area contributed by atoms with Gasteiger partial charge in [-0.05, 0) is 99.4 Å². The smallest absolute Gasteiger partial charge is 0.227 e. The fourth-order valence-electron chi connectivity index (χ4n) is 8.62. The van der Waals surface area contributed by atoms with Crippen molar-refractivity contribution in [3.05, 3.63) is 181 Å². The molecule has 0 saturated heterocycles. The van der Waals surface area contributed by atoms with Crippen molar-refractivity contribution in [2.75, 3.05) is 4.90 Å². The van der Waals surface area contributed by atoms with Crippen LogP contribution in [-0.2, 0) is 5.41 Å². The average Bonchev–Trinajstić information content (AvgIpc) is 3.89. The third kappa shape index (κ3) is 4.60. The van der Waals surface area contributed by atoms with Crippen LogP contribution in [0.5, 0.6) is 0 Å². The Balaban J connectivity index is 1.06. The first kappa shape index (κ1) is 30.7. The van der Waals surface area contributed by atoms with Crippen LogP contribution < -0.4 is 4.90 Å². The molecule has 54 heavy (non-hydrogen) atoms. The second kappa shape index (κ2) is 11.5. The fraction of sp³-hybridized carbons (Fsp3) is 0.0600. The number of nitrogens with zero attached hydrogens (tertiary/aromatic N) is 2. The number of fused-ring (bicyclic) bond motifs is 9. The molecular weight excluding hydrogens is 661 g/mol. The fourth-order valence-corrected chi connectivity index (χ4v) is 8.62. The Labute approximate surface area is 312 Å². The Morgan fingerprint density at radius 3 is 1.94 bits per heavy atom. The van der Waals surface area contributed by atoms with Gasteiger partial charge in [0.15, 0.2) is 5.58 Å². The van der Waals surface area contributed by atoms with Gasteiger partial charge in [-0.15, -0.1) is 0 Å². The molecule has 0 unspecified atom stereocenters. The van der Waals surface area contributed by atoms with E-state index < -0.39 is 0 Å². The minimum Gasteiger partial charge on any atom is -0.456 e. The van der Waals surface area contributed by atoms with E-state index in [2.05, 4.69) is 146 Å². The van der Waals surface area contributed by atoms with Gasteiger partial charge in [0, 0.05) is 50.3 Å². The average molecular weight is 695 g/mol. The highest BCUT2D eigenvalue weighted by Gasteiger charge is 2.35. The molecule has 0 atom stereocenters. The van der Waals surface area contributed by atoms with Crippen molar-refractivity contribution in [3.63, 3.8) is 0 Å². The van der Waals surface area contributed by atoms with E-state index >= 15 is 0 Å². The number of aromatic nitrogens is 1. The largest absolute Gasteiger partial charge is 0.456 e. The maximum Gasteiger partial charge on any atom is 0.227 e. The Kier molecular flexibility index (Phi) is 6.56. The zero-order valence-corrected chi connectivity index (χ0v) is 29.9. The maximum atomic E-state index is 6.41. The van der Waals surface area contributed by atoms with Gasteiger partial charge in [-0.1, -0.05) is 117 Å². The number of oxazole rings is 1. The van der Waals surface area contributed by atoms with Crippen molar-refractivity contribution in [2.45, 2.75) is 19.3 Å². The van der Waals surface area contributed by atoms with Crippen LogP contribution in [-0.4, -0.2) is 4.98 Å². The molecule has 0 fully saturated rings. The van der Waals surface area contributed by atoms with Gasteiger partial charge in [0.2, 0.25) is 5.89 Å². The summed E-state index contributed by atoms with van der Waals surface area (Å²) in [5.41, 5.74) is 15.0. The lowest BCUT2D eigenvalue weighted by Crippen LogP contribution is -2.16. The van der Waals surface area contributed by atoms with E-state index in [1.54, 1.807) is 0 Å². The molecule has 1 aliphatic rings. The predicted octanol–water partition coefficient (Wildman–Crippen LogP) is 14.0. The molecular formula is C50H34N2O2. The molecule has 4 heteroatoms. The Morgan fingerprint density at radius 1 is 0.444 bits per heavy atom. The van der Waals surface area contributed by atoms with E-state index in [0.717, 1.165) is 77.6 Å². The number of benzene rings is 8. The van der Waals surface area contributed by atoms with E-state index in [4.69, 9.17) is 13.8 Å². The summed E-state index contributed by atoms with van der Waals surface area (Å²) < 4.78 is 12.8. The van der Waals surface area contributed by atoms with Gasteiger partial charge in [0.05, 0.1) is 0 Å². The van der Waals surface area contributed by atoms with Gasteiger partial charge < -0.3 is 13.7 Å². The third-order valence-corrected chi connectivity index (χ3v) is 11.3. The summed E-state index contributed by atoms with van der Waals surface area (Å²) in [6.45, 7) is 4.67. The monoisotopic (exact) mass is 694 g/mol. The highest BCUT2D eigenvalue weighted by atomic mass is 16.3. The molecule has 0 spiro atoms. The van der Waals surface area contributed by atoms with Crippen molar-refractivity contribution < 1.29 is 8.83 Å². The van der Waals surface area contributed by atoms with Crippen LogP contribution >= 0.6 is 0 Å². The molecule has 4 nitrogen and oxygen atoms in total. The number of para-hydroxylation sites is 1. The molecule has 1 aliphatic carbocycles. The van der Waals surface area contributed by atoms with Gasteiger partial charge in [-0.2, -0.15) is 0 Å². The summed E-state index contributed by atoms with van der Waals surface area (Å²) in [6, 6.07) is 60.1. The Morgan fingerprint density at radius 2 is 1.09 bits per heavy atom. The van der Waals surface area contributed by atoms with Crippen molar-refractivity contribution in [1.29, 1.82) is 0 Å². The van der Waals surface area contributed by atoms with Crippen LogP contribution in [0, 0.1) is 0 Å². The van der Waals surface area contributed by atoms with Crippen LogP contribution in [0.2, 0.25) is 0 Å². The van der Waals surface area contributed by atoms with Crippen molar-refractivity contribution in [3.8, 4) is 33.7 Å². The summed E-state index contributed by atoms with van der Waals surface area (Å²) in [6.07, 6.45) is 0. The number of rotatable bonds is 5. The Hall–Kier alpha value is -6.91. The Bertz CT molecular complexity index is 3080. The number of anilines is 3. The molecule has 0 N–H and O–H groups in total. The minimum atomic E-state index is -0.124. The summed E-state index contributed by atoms with van der Waals surface area (Å²) in [5.74, 6) is 0.626. The molecule has 2 heterocycles. The third-order valence-electron chi connectivity index (χ3n) is 11.3. The lowest BCUT2D eigenvalue weighted by atomic mass is 9.82. The molecule has 0 amide bonds. The standard InChI is InChI=1S/C50H34N2O2/c1-50(2)43-18-10-8-15-37(43)38-26-24-34(28-44(38)50)52(35-25-27-40-39-16-9-11-19-46(39)53-47(40)29-35)33-22-20-31(21-23-33)42-30-45-48(41-17-7-6-14-36(41)42)54-49(51-45)32-12-4-3-5-13-32/h3-30H,1-2H3. The first-order chi connectivity index (χ1) is 26.5. The zero-order chi connectivity index (χ0) is 36.0. The number of hydrogen-bond acceptors (Lipinski definition) is 4. The second-order valence-corrected chi connectivity index (χ2v) is 14.8. The van der Waals surface area contributed by atoms with Crippen LogP contribution in [0.4, 0.5) is 17.1 Å². The zero-order valence-electron chi connectivity index (χ0n) is 29.9. The molecule has 10 aromatic rings. The first-order valence-electron chi connectivity index (χ1n) is 18.5. The normalized spacial score (nSPS) is 13.1. The van der Waals surface area contributed by atoms with Crippen molar-refractivity contribution >= 4 is 60.9 Å². The number of furan rings is 1. The lowest BCUT2D eigenvalue weighted by molar-refractivity contribution is 0.623. The highest BCUT2D eigenvalue weighted by Crippen LogP contribution is 2.51. The van der Waals surface area contributed by atoms with Crippen LogP contribution in [0.1, 0.15) is 25.0 Å². The van der Waals surface area contributed by atoms with E-state index in [1.807, 2.05) is 42.5 Å². The van der Waals surface area contributed by atoms with E-state index in [1.165, 1.54) is 22.3 Å². The van der Waals surface area contributed by atoms with Crippen LogP contribution in [0.25, 0.3) is 77.5 Å². The molecule has 8 aromatic carbocycles. The van der Waals surface area contributed by atoms with E-state index in [-0.39, 0.29) is 5.41 Å². The molecule has 0 bridgehead atoms. The van der Waals surface area contributed by atoms with E-state index in [9.17, 15) is 0 Å². The molecule has 11 rings (SSSR count). The van der Waals surface area contributed by atoms with Crippen molar-refractivity contribution in [2.24, 2.45) is 0 Å². The minimum absolute atomic E-state index is 0.124. The lowest BCUT2D eigenvalue weighted by Gasteiger charge is -2.28. The van der Waals surface area contributed by atoms with Gasteiger partial charge in [0.1, 0.15) is 16.7 Å². The first-order valence-corrected chi connectivity index (χ1v) is 18.5. The predicted molar refractivity (Wildman–Crippen MR) is 222 cm³/mol. The summed E-state index contributed by atoms with van der Waals surface area (Å²) in [4.78, 5) is 7.30. The summed E-state index contributed by atoms with van der Waals surface area (Å²) >= 11 is 0. The molecule has 2 aromatic heterocycles.